The van der Waals surface area contributed by atoms with E-state index in [1.165, 1.54) is 17.7 Å². The predicted octanol–water partition coefficient (Wildman–Crippen LogP) is 2.43. The molecular formula is C14H18N2. The number of rotatable bonds is 2. The van der Waals surface area contributed by atoms with Crippen molar-refractivity contribution in [1.82, 2.24) is 0 Å². The molecule has 0 unspecified atom stereocenters. The first-order valence-electron chi connectivity index (χ1n) is 5.84. The van der Waals surface area contributed by atoms with Gasteiger partial charge in [0.05, 0.1) is 0 Å². The summed E-state index contributed by atoms with van der Waals surface area (Å²) in [5.74, 6) is 6.07. The summed E-state index contributed by atoms with van der Waals surface area (Å²) >= 11 is 0. The van der Waals surface area contributed by atoms with E-state index in [1.54, 1.807) is 0 Å². The molecule has 16 heavy (non-hydrogen) atoms. The number of benzene rings is 1. The maximum Gasteiger partial charge on any atom is 0.0400 e. The number of hydrogen-bond donors (Lipinski definition) is 1. The van der Waals surface area contributed by atoms with Crippen molar-refractivity contribution in [2.75, 3.05) is 23.7 Å². The maximum atomic E-state index is 5.81. The average molecular weight is 214 g/mol. The third-order valence-electron chi connectivity index (χ3n) is 3.00. The second-order valence-corrected chi connectivity index (χ2v) is 4.16. The zero-order chi connectivity index (χ0) is 11.4. The minimum absolute atomic E-state index is 0.869. The van der Waals surface area contributed by atoms with Crippen molar-refractivity contribution in [3.63, 3.8) is 0 Å². The summed E-state index contributed by atoms with van der Waals surface area (Å²) in [7, 11) is 0. The lowest BCUT2D eigenvalue weighted by Gasteiger charge is -2.31. The SMILES string of the molecule is CC#CCCN1CCCc2cc(N)ccc21. The number of fused-ring (bicyclic) bond motifs is 1. The lowest BCUT2D eigenvalue weighted by atomic mass is 10.0. The molecule has 1 aliphatic rings. The van der Waals surface area contributed by atoms with Gasteiger partial charge in [-0.2, -0.15) is 0 Å². The van der Waals surface area contributed by atoms with E-state index in [4.69, 9.17) is 5.73 Å². The summed E-state index contributed by atoms with van der Waals surface area (Å²) in [6, 6.07) is 6.23. The largest absolute Gasteiger partial charge is 0.399 e. The van der Waals surface area contributed by atoms with E-state index in [2.05, 4.69) is 28.9 Å². The van der Waals surface area contributed by atoms with Gasteiger partial charge in [-0.25, -0.2) is 0 Å². The molecular weight excluding hydrogens is 196 g/mol. The van der Waals surface area contributed by atoms with E-state index in [1.807, 2.05) is 13.0 Å². The number of nitrogens with two attached hydrogens (primary N) is 1. The minimum atomic E-state index is 0.869. The summed E-state index contributed by atoms with van der Waals surface area (Å²) in [4.78, 5) is 2.42. The van der Waals surface area contributed by atoms with E-state index < -0.39 is 0 Å². The molecule has 2 N–H and O–H groups in total. The summed E-state index contributed by atoms with van der Waals surface area (Å²) < 4.78 is 0. The van der Waals surface area contributed by atoms with E-state index in [9.17, 15) is 0 Å². The summed E-state index contributed by atoms with van der Waals surface area (Å²) in [6.07, 6.45) is 3.31. The molecule has 2 rings (SSSR count). The molecule has 0 saturated heterocycles. The van der Waals surface area contributed by atoms with Crippen LogP contribution in [0.25, 0.3) is 0 Å². The standard InChI is InChI=1S/C14H18N2/c1-2-3-4-9-16-10-5-6-12-11-13(15)7-8-14(12)16/h7-8,11H,4-6,9-10,15H2,1H3. The van der Waals surface area contributed by atoms with Gasteiger partial charge in [-0.1, -0.05) is 0 Å². The highest BCUT2D eigenvalue weighted by atomic mass is 15.1. The van der Waals surface area contributed by atoms with Gasteiger partial charge in [-0.15, -0.1) is 11.8 Å². The molecule has 0 saturated carbocycles. The molecule has 0 atom stereocenters. The van der Waals surface area contributed by atoms with Crippen molar-refractivity contribution < 1.29 is 0 Å². The summed E-state index contributed by atoms with van der Waals surface area (Å²) in [6.45, 7) is 4.06. The Morgan fingerprint density at radius 3 is 3.12 bits per heavy atom. The molecule has 0 bridgehead atoms. The van der Waals surface area contributed by atoms with Crippen LogP contribution in [-0.2, 0) is 6.42 Å². The first kappa shape index (κ1) is 10.9. The third-order valence-corrected chi connectivity index (χ3v) is 3.00. The fourth-order valence-corrected chi connectivity index (χ4v) is 2.24. The summed E-state index contributed by atoms with van der Waals surface area (Å²) in [5.41, 5.74) is 9.41. The molecule has 2 nitrogen and oxygen atoms in total. The molecule has 0 aliphatic carbocycles. The average Bonchev–Trinajstić information content (AvgIpc) is 2.29. The molecule has 1 aromatic carbocycles. The Morgan fingerprint density at radius 2 is 2.31 bits per heavy atom. The molecule has 1 aromatic rings. The van der Waals surface area contributed by atoms with Crippen LogP contribution >= 0.6 is 0 Å². The Bertz CT molecular complexity index is 426. The summed E-state index contributed by atoms with van der Waals surface area (Å²) in [5, 5.41) is 0. The molecule has 0 aromatic heterocycles. The van der Waals surface area contributed by atoms with Crippen molar-refractivity contribution in [3.8, 4) is 11.8 Å². The van der Waals surface area contributed by atoms with Gasteiger partial charge >= 0.3 is 0 Å². The van der Waals surface area contributed by atoms with Crippen molar-refractivity contribution >= 4 is 11.4 Å². The van der Waals surface area contributed by atoms with Gasteiger partial charge < -0.3 is 10.6 Å². The Kier molecular flexibility index (Phi) is 3.36. The molecule has 2 heteroatoms. The van der Waals surface area contributed by atoms with Crippen LogP contribution in [0, 0.1) is 11.8 Å². The third kappa shape index (κ3) is 2.30. The maximum absolute atomic E-state index is 5.81. The van der Waals surface area contributed by atoms with Gasteiger partial charge in [0, 0.05) is 30.9 Å². The van der Waals surface area contributed by atoms with Crippen molar-refractivity contribution in [3.05, 3.63) is 23.8 Å². The first-order chi connectivity index (χ1) is 7.81. The van der Waals surface area contributed by atoms with Crippen LogP contribution in [0.3, 0.4) is 0 Å². The van der Waals surface area contributed by atoms with Crippen molar-refractivity contribution in [2.24, 2.45) is 0 Å². The van der Waals surface area contributed by atoms with Crippen molar-refractivity contribution in [1.29, 1.82) is 0 Å². The second-order valence-electron chi connectivity index (χ2n) is 4.16. The van der Waals surface area contributed by atoms with E-state index in [0.717, 1.165) is 31.6 Å². The molecule has 84 valence electrons. The van der Waals surface area contributed by atoms with Crippen LogP contribution in [0.5, 0.6) is 0 Å². The van der Waals surface area contributed by atoms with Gasteiger partial charge in [0.2, 0.25) is 0 Å². The Morgan fingerprint density at radius 1 is 1.44 bits per heavy atom. The van der Waals surface area contributed by atoms with Crippen molar-refractivity contribution in [2.45, 2.75) is 26.2 Å². The smallest absolute Gasteiger partial charge is 0.0400 e. The lowest BCUT2D eigenvalue weighted by molar-refractivity contribution is 0.695. The first-order valence-corrected chi connectivity index (χ1v) is 5.84. The normalized spacial score (nSPS) is 13.9. The lowest BCUT2D eigenvalue weighted by Crippen LogP contribution is -2.30. The quantitative estimate of drug-likeness (QED) is 0.605. The van der Waals surface area contributed by atoms with Crippen LogP contribution < -0.4 is 10.6 Å². The Hall–Kier alpha value is -1.62. The highest BCUT2D eigenvalue weighted by Crippen LogP contribution is 2.28. The molecule has 1 aliphatic heterocycles. The zero-order valence-corrected chi connectivity index (χ0v) is 9.79. The number of anilines is 2. The monoisotopic (exact) mass is 214 g/mol. The fraction of sp³-hybridized carbons (Fsp3) is 0.429. The van der Waals surface area contributed by atoms with Gasteiger partial charge in [-0.05, 0) is 43.5 Å². The minimum Gasteiger partial charge on any atom is -0.399 e. The zero-order valence-electron chi connectivity index (χ0n) is 9.79. The van der Waals surface area contributed by atoms with E-state index >= 15 is 0 Å². The van der Waals surface area contributed by atoms with Crippen LogP contribution in [0.2, 0.25) is 0 Å². The molecule has 0 spiro atoms. The Balaban J connectivity index is 2.15. The predicted molar refractivity (Wildman–Crippen MR) is 69.5 cm³/mol. The number of nitrogens with zero attached hydrogens (tertiary/aromatic N) is 1. The molecule has 0 amide bonds. The fourth-order valence-electron chi connectivity index (χ4n) is 2.24. The second kappa shape index (κ2) is 4.94. The van der Waals surface area contributed by atoms with Gasteiger partial charge in [0.25, 0.3) is 0 Å². The number of hydrogen-bond acceptors (Lipinski definition) is 2. The van der Waals surface area contributed by atoms with E-state index in [-0.39, 0.29) is 0 Å². The Labute approximate surface area is 97.4 Å². The molecule has 0 fully saturated rings. The van der Waals surface area contributed by atoms with Crippen LogP contribution in [0.1, 0.15) is 25.3 Å². The van der Waals surface area contributed by atoms with Gasteiger partial charge in [-0.3, -0.25) is 0 Å². The molecule has 1 heterocycles. The van der Waals surface area contributed by atoms with Gasteiger partial charge in [0.15, 0.2) is 0 Å². The van der Waals surface area contributed by atoms with E-state index in [0.29, 0.717) is 0 Å². The highest BCUT2D eigenvalue weighted by molar-refractivity contribution is 5.61. The van der Waals surface area contributed by atoms with Crippen LogP contribution in [-0.4, -0.2) is 13.1 Å². The van der Waals surface area contributed by atoms with Crippen LogP contribution in [0.4, 0.5) is 11.4 Å². The number of aryl methyl sites for hydroxylation is 1. The highest BCUT2D eigenvalue weighted by Gasteiger charge is 2.15. The topological polar surface area (TPSA) is 29.3 Å². The van der Waals surface area contributed by atoms with Crippen LogP contribution in [0.15, 0.2) is 18.2 Å². The van der Waals surface area contributed by atoms with Gasteiger partial charge in [0.1, 0.15) is 0 Å². The number of nitrogen functional groups attached to an aromatic ring is 1. The molecule has 0 radical (unpaired) electrons.